The van der Waals surface area contributed by atoms with Crippen LogP contribution in [0.15, 0.2) is 70.6 Å². The standard InChI is InChI=1S/C29H25FNS/c1-16(2)14-23-19-9-6-5-8-18(19)17(3)26-28-27-21(12-13-31(28)4)20-10-7-11-24(30)22(20)15-25(27)32-29(23)26/h5-13,15-16H,14H2,1-4H3/q+1. The van der Waals surface area contributed by atoms with Crippen molar-refractivity contribution in [3.63, 3.8) is 0 Å². The average molecular weight is 439 g/mol. The maximum atomic E-state index is 14.8. The molecule has 0 atom stereocenters. The Morgan fingerprint density at radius 2 is 1.66 bits per heavy atom. The number of pyridine rings is 1. The van der Waals surface area contributed by atoms with Gasteiger partial charge in [0.2, 0.25) is 5.69 Å². The van der Waals surface area contributed by atoms with E-state index in [0.29, 0.717) is 11.3 Å². The largest absolute Gasteiger partial charge is 0.222 e. The summed E-state index contributed by atoms with van der Waals surface area (Å²) in [7, 11) is 2.13. The second kappa shape index (κ2) is 7.05. The van der Waals surface area contributed by atoms with Crippen LogP contribution in [-0.4, -0.2) is 0 Å². The molecule has 1 nitrogen and oxygen atoms in total. The van der Waals surface area contributed by atoms with Gasteiger partial charge >= 0.3 is 0 Å². The van der Waals surface area contributed by atoms with Crippen LogP contribution in [0.1, 0.15) is 25.0 Å². The van der Waals surface area contributed by atoms with E-state index in [0.717, 1.165) is 22.1 Å². The minimum Gasteiger partial charge on any atom is -0.206 e. The highest BCUT2D eigenvalue weighted by atomic mass is 32.2. The number of aryl methyl sites for hydroxylation is 2. The van der Waals surface area contributed by atoms with Gasteiger partial charge in [-0.2, -0.15) is 0 Å². The topological polar surface area (TPSA) is 3.88 Å². The highest BCUT2D eigenvalue weighted by molar-refractivity contribution is 8.00. The lowest BCUT2D eigenvalue weighted by atomic mass is 9.88. The van der Waals surface area contributed by atoms with Gasteiger partial charge in [0, 0.05) is 26.6 Å². The Hall–Kier alpha value is -2.91. The van der Waals surface area contributed by atoms with E-state index in [2.05, 4.69) is 75.0 Å². The molecule has 0 bridgehead atoms. The highest BCUT2D eigenvalue weighted by Gasteiger charge is 2.32. The second-order valence-corrected chi connectivity index (χ2v) is 10.4. The normalized spacial score (nSPS) is 12.8. The van der Waals surface area contributed by atoms with Crippen molar-refractivity contribution in [2.45, 2.75) is 37.0 Å². The molecule has 0 fully saturated rings. The first-order valence-electron chi connectivity index (χ1n) is 11.2. The van der Waals surface area contributed by atoms with Crippen LogP contribution in [0.4, 0.5) is 4.39 Å². The Morgan fingerprint density at radius 1 is 0.906 bits per heavy atom. The van der Waals surface area contributed by atoms with Gasteiger partial charge in [-0.25, -0.2) is 8.96 Å². The fraction of sp³-hybridized carbons (Fsp3) is 0.207. The Morgan fingerprint density at radius 3 is 2.44 bits per heavy atom. The van der Waals surface area contributed by atoms with Crippen molar-refractivity contribution in [2.24, 2.45) is 13.0 Å². The van der Waals surface area contributed by atoms with E-state index in [1.165, 1.54) is 43.4 Å². The van der Waals surface area contributed by atoms with Gasteiger partial charge in [-0.3, -0.25) is 0 Å². The molecule has 0 aliphatic carbocycles. The van der Waals surface area contributed by atoms with E-state index < -0.39 is 0 Å². The second-order valence-electron chi connectivity index (χ2n) is 9.33. The SMILES string of the molecule is Cc1c2c(c(CC(C)C)c3ccccc13)Sc1cc3c(F)cccc3c3cc[n+](C)c-2c13. The van der Waals surface area contributed by atoms with Crippen molar-refractivity contribution in [1.82, 2.24) is 0 Å². The zero-order chi connectivity index (χ0) is 22.1. The molecule has 1 aliphatic rings. The number of rotatable bonds is 2. The molecule has 0 amide bonds. The van der Waals surface area contributed by atoms with Crippen molar-refractivity contribution in [3.8, 4) is 11.3 Å². The summed E-state index contributed by atoms with van der Waals surface area (Å²) >= 11 is 1.82. The Bertz CT molecular complexity index is 1580. The smallest absolute Gasteiger partial charge is 0.206 e. The third-order valence-electron chi connectivity index (χ3n) is 6.78. The summed E-state index contributed by atoms with van der Waals surface area (Å²) in [6.45, 7) is 6.82. The van der Waals surface area contributed by atoms with Gasteiger partial charge in [0.05, 0.1) is 10.9 Å². The van der Waals surface area contributed by atoms with Gasteiger partial charge in [-0.15, -0.1) is 0 Å². The van der Waals surface area contributed by atoms with Crippen molar-refractivity contribution < 1.29 is 8.96 Å². The van der Waals surface area contributed by atoms with E-state index >= 15 is 0 Å². The fourth-order valence-corrected chi connectivity index (χ4v) is 6.77. The van der Waals surface area contributed by atoms with Gasteiger partial charge in [0.25, 0.3) is 0 Å². The van der Waals surface area contributed by atoms with Crippen LogP contribution in [0.2, 0.25) is 0 Å². The summed E-state index contributed by atoms with van der Waals surface area (Å²) in [5.41, 5.74) is 5.31. The minimum absolute atomic E-state index is 0.154. The number of fused-ring (bicyclic) bond motifs is 5. The molecule has 1 aliphatic heterocycles. The van der Waals surface area contributed by atoms with Gasteiger partial charge < -0.3 is 0 Å². The molecule has 0 N–H and O–H groups in total. The zero-order valence-electron chi connectivity index (χ0n) is 18.8. The molecule has 6 rings (SSSR count). The lowest BCUT2D eigenvalue weighted by Crippen LogP contribution is -2.32. The molecule has 2 heterocycles. The first kappa shape index (κ1) is 19.8. The first-order valence-corrected chi connectivity index (χ1v) is 12.0. The molecule has 158 valence electrons. The molecule has 0 radical (unpaired) electrons. The minimum atomic E-state index is -0.154. The van der Waals surface area contributed by atoms with E-state index in [4.69, 9.17) is 0 Å². The third-order valence-corrected chi connectivity index (χ3v) is 7.98. The molecular weight excluding hydrogens is 413 g/mol. The number of hydrogen-bond donors (Lipinski definition) is 0. The molecule has 1 aromatic heterocycles. The summed E-state index contributed by atoms with van der Waals surface area (Å²) in [6, 6.07) is 18.4. The number of aromatic nitrogens is 1. The van der Waals surface area contributed by atoms with E-state index in [9.17, 15) is 4.39 Å². The molecule has 0 unspecified atom stereocenters. The third kappa shape index (κ3) is 2.67. The summed E-state index contributed by atoms with van der Waals surface area (Å²) in [5.74, 6) is 0.393. The lowest BCUT2D eigenvalue weighted by Gasteiger charge is -2.25. The van der Waals surface area contributed by atoms with Crippen LogP contribution in [0, 0.1) is 18.7 Å². The number of nitrogens with zero attached hydrogens (tertiary/aromatic N) is 1. The summed E-state index contributed by atoms with van der Waals surface area (Å²) < 4.78 is 17.1. The van der Waals surface area contributed by atoms with E-state index in [-0.39, 0.29) is 5.82 Å². The molecule has 32 heavy (non-hydrogen) atoms. The van der Waals surface area contributed by atoms with Crippen molar-refractivity contribution in [3.05, 3.63) is 77.7 Å². The van der Waals surface area contributed by atoms with Gasteiger partial charge in [0.1, 0.15) is 12.9 Å². The summed E-state index contributed by atoms with van der Waals surface area (Å²) in [5, 5.41) is 6.72. The number of benzene rings is 4. The molecule has 0 saturated heterocycles. The molecule has 0 saturated carbocycles. The van der Waals surface area contributed by atoms with Crippen LogP contribution in [0.5, 0.6) is 0 Å². The maximum absolute atomic E-state index is 14.8. The Labute approximate surface area is 191 Å². The quantitative estimate of drug-likeness (QED) is 0.197. The predicted octanol–water partition coefficient (Wildman–Crippen LogP) is 7.75. The number of halogens is 1. The van der Waals surface area contributed by atoms with Gasteiger partial charge in [-0.1, -0.05) is 62.0 Å². The van der Waals surface area contributed by atoms with Crippen molar-refractivity contribution in [2.75, 3.05) is 0 Å². The predicted molar refractivity (Wildman–Crippen MR) is 133 cm³/mol. The molecule has 3 heteroatoms. The van der Waals surface area contributed by atoms with E-state index in [1.54, 1.807) is 6.07 Å². The molecule has 4 aromatic carbocycles. The van der Waals surface area contributed by atoms with Crippen LogP contribution >= 0.6 is 11.8 Å². The maximum Gasteiger partial charge on any atom is 0.222 e. The Kier molecular flexibility index (Phi) is 4.35. The monoisotopic (exact) mass is 438 g/mol. The van der Waals surface area contributed by atoms with Crippen LogP contribution in [0.25, 0.3) is 43.6 Å². The van der Waals surface area contributed by atoms with Gasteiger partial charge in [0.15, 0.2) is 6.20 Å². The Balaban J connectivity index is 1.84. The zero-order valence-corrected chi connectivity index (χ0v) is 19.6. The summed E-state index contributed by atoms with van der Waals surface area (Å²) in [4.78, 5) is 2.48. The molecule has 5 aromatic rings. The summed E-state index contributed by atoms with van der Waals surface area (Å²) in [6.07, 6.45) is 3.15. The van der Waals surface area contributed by atoms with Gasteiger partial charge in [-0.05, 0) is 58.7 Å². The van der Waals surface area contributed by atoms with Crippen LogP contribution < -0.4 is 4.57 Å². The molecule has 0 spiro atoms. The molecular formula is C29H25FNS+. The lowest BCUT2D eigenvalue weighted by molar-refractivity contribution is -0.659. The van der Waals surface area contributed by atoms with Crippen molar-refractivity contribution >= 4 is 44.1 Å². The average Bonchev–Trinajstić information content (AvgIpc) is 2.78. The van der Waals surface area contributed by atoms with Crippen LogP contribution in [0.3, 0.4) is 0 Å². The first-order chi connectivity index (χ1) is 15.5. The fourth-order valence-electron chi connectivity index (χ4n) is 5.40. The highest BCUT2D eigenvalue weighted by Crippen LogP contribution is 2.53. The number of hydrogen-bond acceptors (Lipinski definition) is 1. The van der Waals surface area contributed by atoms with Crippen LogP contribution in [-0.2, 0) is 13.5 Å². The van der Waals surface area contributed by atoms with E-state index in [1.807, 2.05) is 23.9 Å². The van der Waals surface area contributed by atoms with Crippen molar-refractivity contribution in [1.29, 1.82) is 0 Å².